The van der Waals surface area contributed by atoms with Gasteiger partial charge in [-0.05, 0) is 50.4 Å². The van der Waals surface area contributed by atoms with Crippen molar-refractivity contribution in [3.8, 4) is 0 Å². The Balaban J connectivity index is 1.98. The van der Waals surface area contributed by atoms with Crippen LogP contribution in [0.25, 0.3) is 0 Å². The van der Waals surface area contributed by atoms with E-state index < -0.39 is 17.2 Å². The van der Waals surface area contributed by atoms with Crippen molar-refractivity contribution >= 4 is 0 Å². The Bertz CT molecular complexity index is 408. The van der Waals surface area contributed by atoms with Crippen LogP contribution in [0.3, 0.4) is 0 Å². The van der Waals surface area contributed by atoms with Gasteiger partial charge in [0.15, 0.2) is 0 Å². The van der Waals surface area contributed by atoms with Crippen LogP contribution >= 0.6 is 0 Å². The molecule has 2 atom stereocenters. The third-order valence-corrected chi connectivity index (χ3v) is 3.61. The Labute approximate surface area is 112 Å². The van der Waals surface area contributed by atoms with E-state index in [4.69, 9.17) is 0 Å². The maximum atomic E-state index is 13.1. The second-order valence-electron chi connectivity index (χ2n) is 5.80. The molecule has 2 nitrogen and oxygen atoms in total. The van der Waals surface area contributed by atoms with Gasteiger partial charge < -0.3 is 10.4 Å². The number of nitrogens with one attached hydrogen (secondary N) is 1. The molecule has 0 aliphatic carbocycles. The number of hydrogen-bond acceptors (Lipinski definition) is 2. The van der Waals surface area contributed by atoms with Crippen LogP contribution in [0.1, 0.15) is 38.2 Å². The van der Waals surface area contributed by atoms with Crippen LogP contribution < -0.4 is 5.32 Å². The van der Waals surface area contributed by atoms with Crippen LogP contribution in [0.5, 0.6) is 0 Å². The summed E-state index contributed by atoms with van der Waals surface area (Å²) in [5.41, 5.74) is -0.451. The quantitative estimate of drug-likeness (QED) is 0.881. The fourth-order valence-electron chi connectivity index (χ4n) is 2.85. The van der Waals surface area contributed by atoms with E-state index in [0.717, 1.165) is 19.0 Å². The zero-order valence-corrected chi connectivity index (χ0v) is 11.3. The number of halogens is 2. The highest BCUT2D eigenvalue weighted by Gasteiger charge is 2.27. The monoisotopic (exact) mass is 269 g/mol. The summed E-state index contributed by atoms with van der Waals surface area (Å²) < 4.78 is 26.3. The number of rotatable bonds is 4. The van der Waals surface area contributed by atoms with Gasteiger partial charge in [0.25, 0.3) is 0 Å². The molecule has 1 heterocycles. The van der Waals surface area contributed by atoms with Crippen molar-refractivity contribution in [1.29, 1.82) is 0 Å². The van der Waals surface area contributed by atoms with Crippen LogP contribution in [0, 0.1) is 11.6 Å². The minimum absolute atomic E-state index is 0.264. The Kier molecular flexibility index (Phi) is 4.53. The topological polar surface area (TPSA) is 32.3 Å². The van der Waals surface area contributed by atoms with Gasteiger partial charge in [-0.1, -0.05) is 6.42 Å². The second-order valence-corrected chi connectivity index (χ2v) is 5.80. The second kappa shape index (κ2) is 5.97. The number of benzene rings is 1. The van der Waals surface area contributed by atoms with E-state index >= 15 is 0 Å². The zero-order valence-electron chi connectivity index (χ0n) is 11.3. The maximum absolute atomic E-state index is 13.1. The predicted octanol–water partition coefficient (Wildman–Crippen LogP) is 2.79. The third kappa shape index (κ3) is 4.55. The molecule has 1 aromatic rings. The van der Waals surface area contributed by atoms with Crippen molar-refractivity contribution in [2.45, 2.75) is 50.7 Å². The molecule has 1 fully saturated rings. The zero-order chi connectivity index (χ0) is 13.9. The SMILES string of the molecule is CC(O)(Cc1cc(F)cc(F)c1)CC1CCCCN1. The molecule has 106 valence electrons. The minimum atomic E-state index is -0.949. The first-order valence-electron chi connectivity index (χ1n) is 6.85. The van der Waals surface area contributed by atoms with Crippen LogP contribution in [0.4, 0.5) is 8.78 Å². The standard InChI is InChI=1S/C15H21F2NO/c1-15(19,10-14-4-2-3-5-18-14)9-11-6-12(16)8-13(17)7-11/h6-8,14,18-19H,2-5,9-10H2,1H3. The highest BCUT2D eigenvalue weighted by Crippen LogP contribution is 2.23. The van der Waals surface area contributed by atoms with Gasteiger partial charge in [-0.3, -0.25) is 0 Å². The van der Waals surface area contributed by atoms with Gasteiger partial charge in [-0.25, -0.2) is 8.78 Å². The minimum Gasteiger partial charge on any atom is -0.390 e. The fourth-order valence-corrected chi connectivity index (χ4v) is 2.85. The van der Waals surface area contributed by atoms with Gasteiger partial charge in [-0.15, -0.1) is 0 Å². The molecule has 4 heteroatoms. The smallest absolute Gasteiger partial charge is 0.126 e. The average molecular weight is 269 g/mol. The van der Waals surface area contributed by atoms with Crippen LogP contribution in [0.2, 0.25) is 0 Å². The first kappa shape index (κ1) is 14.4. The van der Waals surface area contributed by atoms with Gasteiger partial charge in [0, 0.05) is 18.5 Å². The van der Waals surface area contributed by atoms with Gasteiger partial charge >= 0.3 is 0 Å². The van der Waals surface area contributed by atoms with Gasteiger partial charge in [0.1, 0.15) is 11.6 Å². The summed E-state index contributed by atoms with van der Waals surface area (Å²) in [6, 6.07) is 3.71. The van der Waals surface area contributed by atoms with E-state index in [1.165, 1.54) is 25.0 Å². The molecule has 0 aromatic heterocycles. The maximum Gasteiger partial charge on any atom is 0.126 e. The van der Waals surface area contributed by atoms with E-state index in [1.807, 2.05) is 0 Å². The molecule has 1 aliphatic heterocycles. The van der Waals surface area contributed by atoms with Crippen LogP contribution in [-0.2, 0) is 6.42 Å². The van der Waals surface area contributed by atoms with Crippen LogP contribution in [0.15, 0.2) is 18.2 Å². The molecule has 1 aromatic carbocycles. The highest BCUT2D eigenvalue weighted by atomic mass is 19.1. The highest BCUT2D eigenvalue weighted by molar-refractivity contribution is 5.19. The number of piperidine rings is 1. The molecule has 2 unspecified atom stereocenters. The molecule has 1 saturated heterocycles. The summed E-state index contributed by atoms with van der Waals surface area (Å²) in [5, 5.41) is 13.8. The Morgan fingerprint density at radius 2 is 1.95 bits per heavy atom. The molecule has 0 bridgehead atoms. The lowest BCUT2D eigenvalue weighted by molar-refractivity contribution is 0.0370. The van der Waals surface area contributed by atoms with E-state index in [1.54, 1.807) is 6.92 Å². The first-order valence-corrected chi connectivity index (χ1v) is 6.85. The summed E-state index contributed by atoms with van der Waals surface area (Å²) in [7, 11) is 0. The van der Waals surface area contributed by atoms with E-state index in [2.05, 4.69) is 5.32 Å². The van der Waals surface area contributed by atoms with Gasteiger partial charge in [0.05, 0.1) is 5.60 Å². The predicted molar refractivity (Wildman–Crippen MR) is 70.9 cm³/mol. The van der Waals surface area contributed by atoms with Crippen LogP contribution in [-0.4, -0.2) is 23.3 Å². The lowest BCUT2D eigenvalue weighted by atomic mass is 9.87. The van der Waals surface area contributed by atoms with E-state index in [-0.39, 0.29) is 6.42 Å². The molecular formula is C15H21F2NO. The molecule has 0 saturated carbocycles. The summed E-state index contributed by atoms with van der Waals surface area (Å²) in [6.07, 6.45) is 4.26. The lowest BCUT2D eigenvalue weighted by Gasteiger charge is -2.31. The van der Waals surface area contributed by atoms with Crippen molar-refractivity contribution in [3.63, 3.8) is 0 Å². The summed E-state index contributed by atoms with van der Waals surface area (Å²) >= 11 is 0. The molecule has 0 amide bonds. The van der Waals surface area contributed by atoms with Gasteiger partial charge in [0.2, 0.25) is 0 Å². The molecular weight excluding hydrogens is 248 g/mol. The Morgan fingerprint density at radius 1 is 1.26 bits per heavy atom. The molecule has 2 N–H and O–H groups in total. The fraction of sp³-hybridized carbons (Fsp3) is 0.600. The molecule has 0 radical (unpaired) electrons. The Hall–Kier alpha value is -1.00. The van der Waals surface area contributed by atoms with Crippen molar-refractivity contribution in [1.82, 2.24) is 5.32 Å². The largest absolute Gasteiger partial charge is 0.390 e. The first-order chi connectivity index (χ1) is 8.94. The summed E-state index contributed by atoms with van der Waals surface area (Å²) in [6.45, 7) is 2.71. The third-order valence-electron chi connectivity index (χ3n) is 3.61. The summed E-state index contributed by atoms with van der Waals surface area (Å²) in [5.74, 6) is -1.19. The van der Waals surface area contributed by atoms with Crippen molar-refractivity contribution in [2.24, 2.45) is 0 Å². The molecule has 1 aliphatic rings. The Morgan fingerprint density at radius 3 is 2.53 bits per heavy atom. The number of hydrogen-bond donors (Lipinski definition) is 2. The lowest BCUT2D eigenvalue weighted by Crippen LogP contribution is -2.41. The summed E-state index contributed by atoms with van der Waals surface area (Å²) in [4.78, 5) is 0. The van der Waals surface area contributed by atoms with Gasteiger partial charge in [-0.2, -0.15) is 0 Å². The number of aliphatic hydroxyl groups is 1. The average Bonchev–Trinajstić information content (AvgIpc) is 2.27. The molecule has 19 heavy (non-hydrogen) atoms. The van der Waals surface area contributed by atoms with Crippen molar-refractivity contribution in [3.05, 3.63) is 35.4 Å². The van der Waals surface area contributed by atoms with E-state index in [9.17, 15) is 13.9 Å². The van der Waals surface area contributed by atoms with Crippen molar-refractivity contribution in [2.75, 3.05) is 6.54 Å². The normalized spacial score (nSPS) is 23.1. The van der Waals surface area contributed by atoms with E-state index in [0.29, 0.717) is 18.0 Å². The molecule has 2 rings (SSSR count). The molecule has 0 spiro atoms. The van der Waals surface area contributed by atoms with Crippen molar-refractivity contribution < 1.29 is 13.9 Å².